The molecule has 2 N–H and O–H groups in total. The maximum Gasteiger partial charge on any atom is 0.273 e. The number of rotatable bonds is 2. The number of hydrogen-bond donors (Lipinski definition) is 2. The highest BCUT2D eigenvalue weighted by Gasteiger charge is 2.30. The number of pyridine rings is 1. The molecule has 1 aromatic carbocycles. The van der Waals surface area contributed by atoms with E-state index in [1.165, 1.54) is 0 Å². The van der Waals surface area contributed by atoms with Gasteiger partial charge in [0.15, 0.2) is 0 Å². The van der Waals surface area contributed by atoms with E-state index >= 15 is 0 Å². The molecule has 94 valence electrons. The van der Waals surface area contributed by atoms with Crippen molar-refractivity contribution in [1.82, 2.24) is 15.2 Å². The van der Waals surface area contributed by atoms with E-state index in [0.29, 0.717) is 11.5 Å². The van der Waals surface area contributed by atoms with Crippen molar-refractivity contribution in [3.8, 4) is 11.3 Å². The molecule has 0 aliphatic heterocycles. The third-order valence-electron chi connectivity index (χ3n) is 3.70. The van der Waals surface area contributed by atoms with Crippen LogP contribution in [0.25, 0.3) is 22.0 Å². The molecule has 4 heteroatoms. The van der Waals surface area contributed by atoms with E-state index < -0.39 is 0 Å². The van der Waals surface area contributed by atoms with Crippen molar-refractivity contribution >= 4 is 10.8 Å². The van der Waals surface area contributed by atoms with Gasteiger partial charge in [-0.15, -0.1) is 0 Å². The number of nitrogens with one attached hydrogen (secondary N) is 2. The van der Waals surface area contributed by atoms with Gasteiger partial charge in [-0.3, -0.25) is 14.9 Å². The topological polar surface area (TPSA) is 61.5 Å². The van der Waals surface area contributed by atoms with E-state index in [-0.39, 0.29) is 5.56 Å². The van der Waals surface area contributed by atoms with E-state index in [1.807, 2.05) is 30.3 Å². The van der Waals surface area contributed by atoms with Gasteiger partial charge < -0.3 is 5.10 Å². The minimum atomic E-state index is -0.0780. The Labute approximate surface area is 109 Å². The van der Waals surface area contributed by atoms with Crippen LogP contribution in [0.15, 0.2) is 41.3 Å². The van der Waals surface area contributed by atoms with Gasteiger partial charge >= 0.3 is 0 Å². The molecule has 4 rings (SSSR count). The van der Waals surface area contributed by atoms with Gasteiger partial charge in [-0.2, -0.15) is 0 Å². The first kappa shape index (κ1) is 10.6. The lowest BCUT2D eigenvalue weighted by Gasteiger charge is -2.04. The summed E-state index contributed by atoms with van der Waals surface area (Å²) in [5, 5.41) is 7.85. The molecule has 0 unspecified atom stereocenters. The monoisotopic (exact) mass is 251 g/mol. The predicted octanol–water partition coefficient (Wildman–Crippen LogP) is 2.80. The minimum Gasteiger partial charge on any atom is -0.301 e. The van der Waals surface area contributed by atoms with E-state index in [2.05, 4.69) is 15.2 Å². The van der Waals surface area contributed by atoms with Crippen LogP contribution >= 0.6 is 0 Å². The number of benzene rings is 1. The van der Waals surface area contributed by atoms with Crippen LogP contribution in [0.1, 0.15) is 24.5 Å². The quantitative estimate of drug-likeness (QED) is 0.735. The number of H-pyrrole nitrogens is 2. The molecule has 1 aliphatic rings. The highest BCUT2D eigenvalue weighted by atomic mass is 16.1. The average molecular weight is 251 g/mol. The number of hydrogen-bond acceptors (Lipinski definition) is 2. The Bertz CT molecular complexity index is 806. The van der Waals surface area contributed by atoms with Crippen LogP contribution in [0.5, 0.6) is 0 Å². The summed E-state index contributed by atoms with van der Waals surface area (Å²) in [6.45, 7) is 0. The summed E-state index contributed by atoms with van der Waals surface area (Å²) < 4.78 is 0. The van der Waals surface area contributed by atoms with Crippen molar-refractivity contribution in [3.63, 3.8) is 0 Å². The van der Waals surface area contributed by atoms with Gasteiger partial charge in [0.1, 0.15) is 0 Å². The maximum absolute atomic E-state index is 12.1. The normalized spacial score (nSPS) is 14.9. The van der Waals surface area contributed by atoms with Crippen molar-refractivity contribution < 1.29 is 0 Å². The fourth-order valence-electron chi connectivity index (χ4n) is 2.60. The van der Waals surface area contributed by atoms with E-state index in [0.717, 1.165) is 35.0 Å². The Morgan fingerprint density at radius 2 is 1.95 bits per heavy atom. The lowest BCUT2D eigenvalue weighted by atomic mass is 10.0. The molecule has 2 aromatic heterocycles. The molecule has 1 fully saturated rings. The smallest absolute Gasteiger partial charge is 0.273 e. The van der Waals surface area contributed by atoms with Crippen LogP contribution in [-0.4, -0.2) is 15.2 Å². The van der Waals surface area contributed by atoms with Crippen molar-refractivity contribution in [2.24, 2.45) is 0 Å². The second-order valence-electron chi connectivity index (χ2n) is 5.02. The first-order valence-corrected chi connectivity index (χ1v) is 6.49. The molecule has 19 heavy (non-hydrogen) atoms. The molecule has 0 atom stereocenters. The van der Waals surface area contributed by atoms with Gasteiger partial charge in [0.05, 0.1) is 11.3 Å². The summed E-state index contributed by atoms with van der Waals surface area (Å²) in [6.07, 6.45) is 4.05. The Kier molecular flexibility index (Phi) is 2.12. The summed E-state index contributed by atoms with van der Waals surface area (Å²) in [6, 6.07) is 10.00. The standard InChI is InChI=1S/C15H13N3O/c19-15-12(13(17-18-15)10-5-6-10)14-11-4-2-1-3-9(11)7-8-16-14/h1-4,7-8,10H,5-6H2,(H2,17,18,19). The molecule has 0 amide bonds. The van der Waals surface area contributed by atoms with Gasteiger partial charge in [0, 0.05) is 23.2 Å². The van der Waals surface area contributed by atoms with Crippen LogP contribution < -0.4 is 5.56 Å². The molecule has 1 saturated carbocycles. The zero-order valence-corrected chi connectivity index (χ0v) is 10.3. The zero-order chi connectivity index (χ0) is 12.8. The van der Waals surface area contributed by atoms with Gasteiger partial charge in [-0.25, -0.2) is 0 Å². The van der Waals surface area contributed by atoms with Gasteiger partial charge in [-0.05, 0) is 24.3 Å². The van der Waals surface area contributed by atoms with E-state index in [9.17, 15) is 4.79 Å². The molecule has 0 saturated heterocycles. The van der Waals surface area contributed by atoms with E-state index in [4.69, 9.17) is 0 Å². The molecular weight excluding hydrogens is 238 g/mol. The summed E-state index contributed by atoms with van der Waals surface area (Å²) in [5.41, 5.74) is 2.42. The van der Waals surface area contributed by atoms with Crippen molar-refractivity contribution in [1.29, 1.82) is 0 Å². The molecule has 0 spiro atoms. The van der Waals surface area contributed by atoms with Crippen LogP contribution in [0.3, 0.4) is 0 Å². The van der Waals surface area contributed by atoms with Crippen molar-refractivity contribution in [3.05, 3.63) is 52.6 Å². The lowest BCUT2D eigenvalue weighted by Crippen LogP contribution is -2.04. The van der Waals surface area contributed by atoms with Crippen LogP contribution in [0, 0.1) is 0 Å². The summed E-state index contributed by atoms with van der Waals surface area (Å²) >= 11 is 0. The van der Waals surface area contributed by atoms with Gasteiger partial charge in [-0.1, -0.05) is 24.3 Å². The Hall–Kier alpha value is -2.36. The van der Waals surface area contributed by atoms with Crippen molar-refractivity contribution in [2.45, 2.75) is 18.8 Å². The number of aromatic nitrogens is 3. The second kappa shape index (κ2) is 3.82. The second-order valence-corrected chi connectivity index (χ2v) is 5.02. The number of fused-ring (bicyclic) bond motifs is 1. The average Bonchev–Trinajstić information content (AvgIpc) is 3.22. The van der Waals surface area contributed by atoms with Gasteiger partial charge in [0.2, 0.25) is 0 Å². The molecule has 2 heterocycles. The Balaban J connectivity index is 2.05. The fraction of sp³-hybridized carbons (Fsp3) is 0.200. The molecule has 0 radical (unpaired) electrons. The SMILES string of the molecule is O=c1[nH][nH]c(C2CC2)c1-c1nccc2ccccc12. The molecule has 1 aliphatic carbocycles. The Morgan fingerprint density at radius 3 is 2.79 bits per heavy atom. The van der Waals surface area contributed by atoms with Crippen molar-refractivity contribution in [2.75, 3.05) is 0 Å². The first-order valence-electron chi connectivity index (χ1n) is 6.49. The van der Waals surface area contributed by atoms with Crippen LogP contribution in [-0.2, 0) is 0 Å². The molecular formula is C15H13N3O. The Morgan fingerprint density at radius 1 is 1.11 bits per heavy atom. The lowest BCUT2D eigenvalue weighted by molar-refractivity contribution is 0.956. The van der Waals surface area contributed by atoms with Crippen LogP contribution in [0.4, 0.5) is 0 Å². The number of nitrogens with zero attached hydrogens (tertiary/aromatic N) is 1. The van der Waals surface area contributed by atoms with Gasteiger partial charge in [0.25, 0.3) is 5.56 Å². The highest BCUT2D eigenvalue weighted by Crippen LogP contribution is 2.42. The molecule has 3 aromatic rings. The third kappa shape index (κ3) is 1.60. The van der Waals surface area contributed by atoms with Crippen LogP contribution in [0.2, 0.25) is 0 Å². The summed E-state index contributed by atoms with van der Waals surface area (Å²) in [5.74, 6) is 0.481. The maximum atomic E-state index is 12.1. The van der Waals surface area contributed by atoms with E-state index in [1.54, 1.807) is 6.20 Å². The summed E-state index contributed by atoms with van der Waals surface area (Å²) in [4.78, 5) is 16.5. The fourth-order valence-corrected chi connectivity index (χ4v) is 2.60. The number of aromatic amines is 2. The zero-order valence-electron chi connectivity index (χ0n) is 10.3. The molecule has 0 bridgehead atoms. The molecule has 4 nitrogen and oxygen atoms in total. The highest BCUT2D eigenvalue weighted by molar-refractivity contribution is 5.94. The minimum absolute atomic E-state index is 0.0780. The summed E-state index contributed by atoms with van der Waals surface area (Å²) in [7, 11) is 0. The largest absolute Gasteiger partial charge is 0.301 e. The first-order chi connectivity index (χ1) is 9.34. The predicted molar refractivity (Wildman–Crippen MR) is 74.1 cm³/mol. The third-order valence-corrected chi connectivity index (χ3v) is 3.70.